The van der Waals surface area contributed by atoms with Gasteiger partial charge in [-0.3, -0.25) is 9.59 Å². The zero-order valence-electron chi connectivity index (χ0n) is 16.4. The van der Waals surface area contributed by atoms with E-state index in [9.17, 15) is 9.59 Å². The lowest BCUT2D eigenvalue weighted by Gasteiger charge is -2.30. The number of nitrogens with one attached hydrogen (secondary N) is 1. The number of aromatic nitrogens is 4. The zero-order chi connectivity index (χ0) is 19.6. The summed E-state index contributed by atoms with van der Waals surface area (Å²) >= 11 is 0. The van der Waals surface area contributed by atoms with Crippen LogP contribution in [0.2, 0.25) is 0 Å². The van der Waals surface area contributed by atoms with Crippen molar-refractivity contribution in [3.05, 3.63) is 23.3 Å². The maximum absolute atomic E-state index is 12.4. The minimum Gasteiger partial charge on any atom is -0.452 e. The van der Waals surface area contributed by atoms with Gasteiger partial charge in [0.2, 0.25) is 0 Å². The van der Waals surface area contributed by atoms with Crippen molar-refractivity contribution in [1.29, 1.82) is 0 Å². The molecular weight excluding hydrogens is 346 g/mol. The van der Waals surface area contributed by atoms with Gasteiger partial charge in [0.25, 0.3) is 11.7 Å². The van der Waals surface area contributed by atoms with Crippen molar-refractivity contribution >= 4 is 17.7 Å². The molecule has 0 bridgehead atoms. The fourth-order valence-electron chi connectivity index (χ4n) is 3.68. The number of carbonyl (C=O) groups is 2. The molecule has 1 saturated carbocycles. The first-order chi connectivity index (χ1) is 12.9. The summed E-state index contributed by atoms with van der Waals surface area (Å²) in [6.07, 6.45) is 5.08. The zero-order valence-corrected chi connectivity index (χ0v) is 16.4. The third-order valence-corrected chi connectivity index (χ3v) is 5.43. The Morgan fingerprint density at radius 2 is 2.07 bits per heavy atom. The molecule has 1 amide bonds. The van der Waals surface area contributed by atoms with Gasteiger partial charge in [0.1, 0.15) is 6.33 Å². The number of hydrogen-bond donors (Lipinski definition) is 1. The standard InChI is InChI=1S/C19H27N5O3/c1-11-7-5-6-8-16(11)23-18(26)14(4)27-17(25)9-15-12(2)22-19-20-10-21-24(19)13(15)3/h10-11,14,16H,5-9H2,1-4H3,(H,23,26)/t11-,14-,16+/m0/s1. The van der Waals surface area contributed by atoms with Crippen LogP contribution < -0.4 is 5.32 Å². The predicted molar refractivity (Wildman–Crippen MR) is 99.1 cm³/mol. The summed E-state index contributed by atoms with van der Waals surface area (Å²) in [5.41, 5.74) is 2.24. The second kappa shape index (κ2) is 8.02. The number of nitrogens with zero attached hydrogens (tertiary/aromatic N) is 4. The van der Waals surface area contributed by atoms with Gasteiger partial charge in [0.05, 0.1) is 6.42 Å². The smallest absolute Gasteiger partial charge is 0.311 e. The molecule has 3 rings (SSSR count). The molecule has 8 heteroatoms. The molecule has 1 fully saturated rings. The summed E-state index contributed by atoms with van der Waals surface area (Å²) in [4.78, 5) is 33.2. The van der Waals surface area contributed by atoms with Gasteiger partial charge in [-0.05, 0) is 39.5 Å². The highest BCUT2D eigenvalue weighted by molar-refractivity contribution is 5.84. The molecule has 0 spiro atoms. The highest BCUT2D eigenvalue weighted by Crippen LogP contribution is 2.23. The molecule has 0 saturated heterocycles. The molecule has 27 heavy (non-hydrogen) atoms. The Hall–Kier alpha value is -2.51. The number of hydrogen-bond acceptors (Lipinski definition) is 6. The van der Waals surface area contributed by atoms with E-state index < -0.39 is 12.1 Å². The average molecular weight is 373 g/mol. The summed E-state index contributed by atoms with van der Waals surface area (Å²) in [6, 6.07) is 0.163. The summed E-state index contributed by atoms with van der Waals surface area (Å²) in [5.74, 6) is 0.259. The first kappa shape index (κ1) is 19.3. The molecule has 2 aromatic heterocycles. The van der Waals surface area contributed by atoms with Crippen molar-refractivity contribution < 1.29 is 14.3 Å². The van der Waals surface area contributed by atoms with E-state index in [2.05, 4.69) is 27.3 Å². The van der Waals surface area contributed by atoms with Gasteiger partial charge in [-0.25, -0.2) is 9.50 Å². The lowest BCUT2D eigenvalue weighted by molar-refractivity contribution is -0.154. The first-order valence-electron chi connectivity index (χ1n) is 9.52. The molecular formula is C19H27N5O3. The minimum atomic E-state index is -0.824. The Kier molecular flexibility index (Phi) is 5.72. The molecule has 0 radical (unpaired) electrons. The Bertz CT molecular complexity index is 847. The van der Waals surface area contributed by atoms with Crippen LogP contribution in [-0.2, 0) is 20.7 Å². The maximum Gasteiger partial charge on any atom is 0.311 e. The van der Waals surface area contributed by atoms with Crippen LogP contribution in [0.3, 0.4) is 0 Å². The van der Waals surface area contributed by atoms with Gasteiger partial charge in [-0.2, -0.15) is 10.1 Å². The first-order valence-corrected chi connectivity index (χ1v) is 9.52. The Labute approximate surface area is 158 Å². The molecule has 2 aromatic rings. The summed E-state index contributed by atoms with van der Waals surface area (Å²) < 4.78 is 6.97. The van der Waals surface area contributed by atoms with Gasteiger partial charge >= 0.3 is 5.97 Å². The molecule has 3 atom stereocenters. The van der Waals surface area contributed by atoms with E-state index in [1.807, 2.05) is 13.8 Å². The molecule has 0 aromatic carbocycles. The van der Waals surface area contributed by atoms with E-state index in [0.717, 1.165) is 30.5 Å². The fraction of sp³-hybridized carbons (Fsp3) is 0.632. The van der Waals surface area contributed by atoms with Gasteiger partial charge in [-0.1, -0.05) is 19.8 Å². The number of ether oxygens (including phenoxy) is 1. The number of rotatable bonds is 5. The van der Waals surface area contributed by atoms with Gasteiger partial charge < -0.3 is 10.1 Å². The lowest BCUT2D eigenvalue weighted by Crippen LogP contribution is -2.46. The second-order valence-corrected chi connectivity index (χ2v) is 7.42. The average Bonchev–Trinajstić information content (AvgIpc) is 3.09. The van der Waals surface area contributed by atoms with E-state index in [4.69, 9.17) is 4.74 Å². The number of carbonyl (C=O) groups excluding carboxylic acids is 2. The third-order valence-electron chi connectivity index (χ3n) is 5.43. The number of esters is 1. The van der Waals surface area contributed by atoms with E-state index in [1.165, 1.54) is 12.7 Å². The molecule has 1 aliphatic carbocycles. The van der Waals surface area contributed by atoms with E-state index >= 15 is 0 Å². The van der Waals surface area contributed by atoms with Crippen LogP contribution in [0.15, 0.2) is 6.33 Å². The van der Waals surface area contributed by atoms with Gasteiger partial charge in [-0.15, -0.1) is 0 Å². The molecule has 146 valence electrons. The monoisotopic (exact) mass is 373 g/mol. The molecule has 0 unspecified atom stereocenters. The van der Waals surface area contributed by atoms with Crippen LogP contribution in [0.5, 0.6) is 0 Å². The van der Waals surface area contributed by atoms with E-state index in [-0.39, 0.29) is 18.4 Å². The predicted octanol–water partition coefficient (Wildman–Crippen LogP) is 1.91. The highest BCUT2D eigenvalue weighted by Gasteiger charge is 2.26. The SMILES string of the molecule is Cc1nc2ncnn2c(C)c1CC(=O)O[C@@H](C)C(=O)N[C@@H]1CCCC[C@@H]1C. The number of aryl methyl sites for hydroxylation is 2. The van der Waals surface area contributed by atoms with Crippen LogP contribution in [0.1, 0.15) is 56.5 Å². The van der Waals surface area contributed by atoms with E-state index in [1.54, 1.807) is 11.4 Å². The van der Waals surface area contributed by atoms with Crippen molar-refractivity contribution in [1.82, 2.24) is 24.9 Å². The molecule has 8 nitrogen and oxygen atoms in total. The topological polar surface area (TPSA) is 98.5 Å². The summed E-state index contributed by atoms with van der Waals surface area (Å²) in [6.45, 7) is 7.45. The van der Waals surface area contributed by atoms with Crippen molar-refractivity contribution in [3.63, 3.8) is 0 Å². The maximum atomic E-state index is 12.4. The fourth-order valence-corrected chi connectivity index (χ4v) is 3.68. The van der Waals surface area contributed by atoms with Crippen LogP contribution in [0, 0.1) is 19.8 Å². The number of amides is 1. The molecule has 1 aliphatic rings. The van der Waals surface area contributed by atoms with Crippen molar-refractivity contribution in [2.24, 2.45) is 5.92 Å². The molecule has 2 heterocycles. The largest absolute Gasteiger partial charge is 0.452 e. The Morgan fingerprint density at radius 3 is 2.81 bits per heavy atom. The molecule has 0 aliphatic heterocycles. The van der Waals surface area contributed by atoms with Crippen molar-refractivity contribution in [3.8, 4) is 0 Å². The summed E-state index contributed by atoms with van der Waals surface area (Å²) in [7, 11) is 0. The van der Waals surface area contributed by atoms with Crippen LogP contribution in [0.25, 0.3) is 5.78 Å². The Balaban J connectivity index is 1.61. The molecule has 1 N–H and O–H groups in total. The van der Waals surface area contributed by atoms with Crippen molar-refractivity contribution in [2.75, 3.05) is 0 Å². The lowest BCUT2D eigenvalue weighted by atomic mass is 9.86. The van der Waals surface area contributed by atoms with Crippen LogP contribution in [0.4, 0.5) is 0 Å². The van der Waals surface area contributed by atoms with Gasteiger partial charge in [0.15, 0.2) is 6.10 Å². The third kappa shape index (κ3) is 4.26. The highest BCUT2D eigenvalue weighted by atomic mass is 16.5. The second-order valence-electron chi connectivity index (χ2n) is 7.42. The van der Waals surface area contributed by atoms with Crippen molar-refractivity contribution in [2.45, 2.75) is 71.9 Å². The van der Waals surface area contributed by atoms with Gasteiger partial charge in [0, 0.05) is 23.0 Å². The number of fused-ring (bicyclic) bond motifs is 1. The van der Waals surface area contributed by atoms with Crippen LogP contribution in [-0.4, -0.2) is 43.6 Å². The Morgan fingerprint density at radius 1 is 1.33 bits per heavy atom. The summed E-state index contributed by atoms with van der Waals surface area (Å²) in [5, 5.41) is 7.15. The minimum absolute atomic E-state index is 0.0396. The van der Waals surface area contributed by atoms with E-state index in [0.29, 0.717) is 17.4 Å². The van der Waals surface area contributed by atoms with Crippen LogP contribution >= 0.6 is 0 Å². The normalized spacial score (nSPS) is 21.0. The quantitative estimate of drug-likeness (QED) is 0.804.